The summed E-state index contributed by atoms with van der Waals surface area (Å²) in [6.45, 7) is 4.98. The van der Waals surface area contributed by atoms with E-state index >= 15 is 0 Å². The minimum atomic E-state index is -1.24. The molecule has 224 valence electrons. The number of anilines is 1. The van der Waals surface area contributed by atoms with Crippen LogP contribution in [-0.4, -0.2) is 89.8 Å². The summed E-state index contributed by atoms with van der Waals surface area (Å²) >= 11 is 11.1. The van der Waals surface area contributed by atoms with Crippen LogP contribution in [0.1, 0.15) is 26.5 Å². The van der Waals surface area contributed by atoms with E-state index in [4.69, 9.17) is 26.9 Å². The number of carbonyl (C=O) groups excluding carboxylic acids is 3. The third-order valence-electron chi connectivity index (χ3n) is 5.28. The molecule has 2 aromatic heterocycles. The third kappa shape index (κ3) is 7.60. The van der Waals surface area contributed by atoms with Crippen LogP contribution in [-0.2, 0) is 28.8 Å². The smallest absolute Gasteiger partial charge is 0.352 e. The summed E-state index contributed by atoms with van der Waals surface area (Å²) in [6, 6.07) is -1.04. The maximum atomic E-state index is 13.3. The van der Waals surface area contributed by atoms with Gasteiger partial charge in [-0.2, -0.15) is 0 Å². The molecule has 2 aliphatic heterocycles. The molecule has 1 unspecified atom stereocenters. The number of nitrogens with one attached hydrogen (secondary N) is 1. The molecule has 2 amide bonds. The number of nitrogen functional groups attached to an aromatic ring is 1. The largest absolute Gasteiger partial charge is 0.477 e. The lowest BCUT2D eigenvalue weighted by Gasteiger charge is -2.49. The van der Waals surface area contributed by atoms with Crippen molar-refractivity contribution in [1.29, 1.82) is 0 Å². The van der Waals surface area contributed by atoms with Gasteiger partial charge in [0.1, 0.15) is 44.9 Å². The lowest BCUT2D eigenvalue weighted by molar-refractivity contribution is -0.150. The number of nitrogens with two attached hydrogens (primary N) is 1. The number of β-lactam (4-membered cyclic amide) rings is 1. The lowest BCUT2D eigenvalue weighted by atomic mass is 10.0. The minimum absolute atomic E-state index is 0.0603. The van der Waals surface area contributed by atoms with E-state index in [0.717, 1.165) is 17.4 Å². The summed E-state index contributed by atoms with van der Waals surface area (Å²) < 4.78 is 5.90. The fraction of sp³-hybridized carbons (Fsp3) is 0.391. The standard InChI is InChI=1S/C23H24ClN7O7S4/c1-23(2,3)38-11(32)5-4-6-37-30-13(12-16(24)42-21(25)28-12)17(33)27-14-18(34)31-15(20(35)36)10(7-39-19(14)31)8-40-22-29-26-9-41-22/h4-5,9,14,19H,6-8H2,1-3H3,(H2,25,28)(H,27,33)(H,35,36)/b5-4-,30-13-/t14?,19-/m0/s1. The van der Waals surface area contributed by atoms with Gasteiger partial charge < -0.3 is 25.7 Å². The van der Waals surface area contributed by atoms with Crippen LogP contribution in [0.2, 0.25) is 4.34 Å². The zero-order valence-electron chi connectivity index (χ0n) is 22.2. The van der Waals surface area contributed by atoms with Crippen LogP contribution in [0.5, 0.6) is 0 Å². The van der Waals surface area contributed by atoms with Gasteiger partial charge in [-0.1, -0.05) is 51.2 Å². The van der Waals surface area contributed by atoms with Gasteiger partial charge in [0.15, 0.2) is 15.2 Å². The minimum Gasteiger partial charge on any atom is -0.477 e. The molecule has 2 aliphatic rings. The highest BCUT2D eigenvalue weighted by atomic mass is 35.5. The Morgan fingerprint density at radius 3 is 2.76 bits per heavy atom. The quantitative estimate of drug-likeness (QED) is 0.0598. The number of thiazole rings is 1. The SMILES string of the molecule is CC(C)(C)OC(=O)/C=C\CO/N=C(\C(=O)NC1C(=O)N2C(C(=O)O)=C(CSc3nncs3)CS[C@@H]12)c1nc(N)sc1Cl. The predicted molar refractivity (Wildman–Crippen MR) is 159 cm³/mol. The number of nitrogens with zero attached hydrogens (tertiary/aromatic N) is 5. The molecule has 4 N–H and O–H groups in total. The van der Waals surface area contributed by atoms with E-state index in [0.29, 0.717) is 21.4 Å². The maximum Gasteiger partial charge on any atom is 0.352 e. The number of amides is 2. The topological polar surface area (TPSA) is 199 Å². The first kappa shape index (κ1) is 31.7. The van der Waals surface area contributed by atoms with Gasteiger partial charge in [-0.3, -0.25) is 14.5 Å². The van der Waals surface area contributed by atoms with Crippen LogP contribution in [0.4, 0.5) is 5.13 Å². The van der Waals surface area contributed by atoms with Crippen molar-refractivity contribution in [3.63, 3.8) is 0 Å². The number of thioether (sulfide) groups is 2. The number of fused-ring (bicyclic) bond motifs is 1. The molecule has 2 atom stereocenters. The summed E-state index contributed by atoms with van der Waals surface area (Å²) in [5, 5.41) is 23.4. The first-order valence-corrected chi connectivity index (χ1v) is 16.1. The number of oxime groups is 1. The second-order valence-corrected chi connectivity index (χ2v) is 14.3. The number of aromatic nitrogens is 3. The van der Waals surface area contributed by atoms with Gasteiger partial charge in [-0.05, 0) is 32.4 Å². The summed E-state index contributed by atoms with van der Waals surface area (Å²) in [4.78, 5) is 60.8. The van der Waals surface area contributed by atoms with Crippen molar-refractivity contribution in [3.8, 4) is 0 Å². The molecule has 0 saturated carbocycles. The number of hydrogen-bond acceptors (Lipinski definition) is 15. The van der Waals surface area contributed by atoms with Gasteiger partial charge in [0.05, 0.1) is 0 Å². The van der Waals surface area contributed by atoms with E-state index in [1.165, 1.54) is 45.8 Å². The molecule has 14 nitrogen and oxygen atoms in total. The molecule has 19 heteroatoms. The van der Waals surface area contributed by atoms with Gasteiger partial charge >= 0.3 is 11.9 Å². The molecule has 0 radical (unpaired) electrons. The number of rotatable bonds is 11. The number of aliphatic carboxylic acids is 1. The van der Waals surface area contributed by atoms with E-state index in [1.54, 1.807) is 26.3 Å². The average Bonchev–Trinajstić information content (AvgIpc) is 3.55. The van der Waals surface area contributed by atoms with E-state index < -0.39 is 40.8 Å². The summed E-state index contributed by atoms with van der Waals surface area (Å²) in [5.74, 6) is -2.62. The molecule has 1 fully saturated rings. The Kier molecular flexibility index (Phi) is 10.1. The number of hydrogen-bond donors (Lipinski definition) is 3. The maximum absolute atomic E-state index is 13.3. The van der Waals surface area contributed by atoms with Crippen LogP contribution in [0.25, 0.3) is 0 Å². The number of ether oxygens (including phenoxy) is 1. The van der Waals surface area contributed by atoms with Crippen molar-refractivity contribution in [1.82, 2.24) is 25.4 Å². The molecule has 0 bridgehead atoms. The fourth-order valence-corrected chi connectivity index (χ4v) is 7.56. The Bertz CT molecular complexity index is 1470. The van der Waals surface area contributed by atoms with Crippen molar-refractivity contribution in [3.05, 3.63) is 39.0 Å². The van der Waals surface area contributed by atoms with Crippen molar-refractivity contribution >= 4 is 92.4 Å². The van der Waals surface area contributed by atoms with Gasteiger partial charge in [0.2, 0.25) is 0 Å². The second-order valence-electron chi connectivity index (χ2n) is 9.46. The molecule has 0 aromatic carbocycles. The van der Waals surface area contributed by atoms with E-state index in [9.17, 15) is 24.3 Å². The normalized spacial score (nSPS) is 19.0. The van der Waals surface area contributed by atoms with Gasteiger partial charge in [0.25, 0.3) is 11.8 Å². The monoisotopic (exact) mass is 673 g/mol. The Morgan fingerprint density at radius 2 is 2.14 bits per heavy atom. The number of carbonyl (C=O) groups is 4. The van der Waals surface area contributed by atoms with Crippen molar-refractivity contribution in [2.24, 2.45) is 5.16 Å². The molecule has 2 aromatic rings. The Balaban J connectivity index is 1.46. The predicted octanol–water partition coefficient (Wildman–Crippen LogP) is 2.38. The van der Waals surface area contributed by atoms with Crippen molar-refractivity contribution in [2.45, 2.75) is 42.1 Å². The summed E-state index contributed by atoms with van der Waals surface area (Å²) in [5.41, 5.74) is 6.67. The molecular formula is C23H24ClN7O7S4. The highest BCUT2D eigenvalue weighted by Gasteiger charge is 2.54. The van der Waals surface area contributed by atoms with Crippen LogP contribution in [0.15, 0.2) is 38.4 Å². The van der Waals surface area contributed by atoms with Crippen LogP contribution >= 0.6 is 57.8 Å². The zero-order valence-corrected chi connectivity index (χ0v) is 26.3. The molecule has 42 heavy (non-hydrogen) atoms. The molecule has 4 rings (SSSR count). The first-order valence-electron chi connectivity index (χ1n) is 12.0. The number of carboxylic acids is 1. The number of esters is 1. The van der Waals surface area contributed by atoms with E-state index in [2.05, 4.69) is 25.7 Å². The van der Waals surface area contributed by atoms with Crippen LogP contribution in [0, 0.1) is 0 Å². The van der Waals surface area contributed by atoms with Crippen molar-refractivity contribution in [2.75, 3.05) is 23.8 Å². The molecule has 0 spiro atoms. The number of halogens is 1. The first-order chi connectivity index (χ1) is 19.9. The lowest BCUT2D eigenvalue weighted by Crippen LogP contribution is -2.71. The van der Waals surface area contributed by atoms with Gasteiger partial charge in [0, 0.05) is 17.6 Å². The molecule has 4 heterocycles. The second kappa shape index (κ2) is 13.4. The van der Waals surface area contributed by atoms with Gasteiger partial charge in [-0.25, -0.2) is 14.6 Å². The van der Waals surface area contributed by atoms with Crippen LogP contribution < -0.4 is 11.1 Å². The summed E-state index contributed by atoms with van der Waals surface area (Å²) in [6.07, 6.45) is 2.50. The molecule has 1 saturated heterocycles. The highest BCUT2D eigenvalue weighted by molar-refractivity contribution is 8.01. The Labute approximate surface area is 260 Å². The zero-order chi connectivity index (χ0) is 30.6. The fourth-order valence-electron chi connectivity index (χ4n) is 3.66. The third-order valence-corrected chi connectivity index (χ3v) is 9.65. The average molecular weight is 674 g/mol. The molecule has 0 aliphatic carbocycles. The van der Waals surface area contributed by atoms with E-state index in [1.807, 2.05) is 0 Å². The number of carboxylic acid groups (broad SMARTS) is 1. The Hall–Kier alpha value is -3.19. The van der Waals surface area contributed by atoms with Crippen molar-refractivity contribution < 1.29 is 33.9 Å². The Morgan fingerprint density at radius 1 is 1.38 bits per heavy atom. The highest BCUT2D eigenvalue weighted by Crippen LogP contribution is 2.41. The van der Waals surface area contributed by atoms with Gasteiger partial charge in [-0.15, -0.1) is 22.0 Å². The van der Waals surface area contributed by atoms with Crippen LogP contribution in [0.3, 0.4) is 0 Å². The van der Waals surface area contributed by atoms with E-state index in [-0.39, 0.29) is 33.2 Å². The molecular weight excluding hydrogens is 650 g/mol. The summed E-state index contributed by atoms with van der Waals surface area (Å²) in [7, 11) is 0.